The summed E-state index contributed by atoms with van der Waals surface area (Å²) in [7, 11) is 0. The number of hydrogen-bond acceptors (Lipinski definition) is 5. The lowest BCUT2D eigenvalue weighted by molar-refractivity contribution is -0.137. The molecule has 1 aliphatic rings. The van der Waals surface area contributed by atoms with E-state index < -0.39 is 12.6 Å². The first-order chi connectivity index (χ1) is 13.0. The van der Waals surface area contributed by atoms with E-state index in [9.17, 15) is 18.4 Å². The number of benzene rings is 2. The van der Waals surface area contributed by atoms with E-state index in [4.69, 9.17) is 4.74 Å². The molecule has 0 saturated carbocycles. The summed E-state index contributed by atoms with van der Waals surface area (Å²) in [6, 6.07) is 14.8. The normalized spacial score (nSPS) is 14.1. The second kappa shape index (κ2) is 8.39. The van der Waals surface area contributed by atoms with Crippen molar-refractivity contribution in [1.82, 2.24) is 0 Å². The molecule has 0 N–H and O–H groups in total. The van der Waals surface area contributed by atoms with E-state index in [0.29, 0.717) is 11.3 Å². The van der Waals surface area contributed by atoms with Crippen molar-refractivity contribution in [2.24, 2.45) is 5.10 Å². The van der Waals surface area contributed by atoms with Gasteiger partial charge in [0.2, 0.25) is 5.91 Å². The molecule has 2 aromatic rings. The van der Waals surface area contributed by atoms with Gasteiger partial charge in [0.15, 0.2) is 0 Å². The standard InChI is InChI=1S/C19H16F2N2O4/c20-19(21)27-16-9-5-4-6-13(16)12-26-18(25)15-10-11-17(24)23(22-15)14-7-2-1-3-8-14/h1-9,19H,10-12H2. The molecule has 1 amide bonds. The number of esters is 1. The van der Waals surface area contributed by atoms with Crippen LogP contribution < -0.4 is 9.75 Å². The zero-order valence-corrected chi connectivity index (χ0v) is 14.2. The summed E-state index contributed by atoms with van der Waals surface area (Å²) in [4.78, 5) is 24.4. The van der Waals surface area contributed by atoms with Crippen molar-refractivity contribution >= 4 is 23.3 Å². The lowest BCUT2D eigenvalue weighted by atomic mass is 10.1. The van der Waals surface area contributed by atoms with Gasteiger partial charge in [-0.25, -0.2) is 9.80 Å². The van der Waals surface area contributed by atoms with Crippen molar-refractivity contribution in [1.29, 1.82) is 0 Å². The lowest BCUT2D eigenvalue weighted by Crippen LogP contribution is -2.34. The topological polar surface area (TPSA) is 68.2 Å². The predicted octanol–water partition coefficient (Wildman–Crippen LogP) is 3.51. The van der Waals surface area contributed by atoms with Crippen LogP contribution in [0.2, 0.25) is 0 Å². The zero-order valence-electron chi connectivity index (χ0n) is 14.2. The van der Waals surface area contributed by atoms with Crippen LogP contribution in [0.25, 0.3) is 0 Å². The van der Waals surface area contributed by atoms with Gasteiger partial charge in [-0.05, 0) is 18.2 Å². The molecule has 0 aromatic heterocycles. The SMILES string of the molecule is O=C(OCc1ccccc1OC(F)F)C1=NN(c2ccccc2)C(=O)CC1. The van der Waals surface area contributed by atoms with E-state index in [0.717, 1.165) is 5.01 Å². The Morgan fingerprint density at radius 3 is 2.52 bits per heavy atom. The molecule has 0 atom stereocenters. The monoisotopic (exact) mass is 374 g/mol. The molecule has 1 heterocycles. The van der Waals surface area contributed by atoms with Crippen LogP contribution in [0, 0.1) is 0 Å². The molecule has 2 aromatic carbocycles. The van der Waals surface area contributed by atoms with Gasteiger partial charge in [-0.15, -0.1) is 0 Å². The summed E-state index contributed by atoms with van der Waals surface area (Å²) >= 11 is 0. The van der Waals surface area contributed by atoms with Crippen LogP contribution >= 0.6 is 0 Å². The average molecular weight is 374 g/mol. The number of anilines is 1. The summed E-state index contributed by atoms with van der Waals surface area (Å²) in [5, 5.41) is 5.25. The molecule has 0 saturated heterocycles. The number of amides is 1. The van der Waals surface area contributed by atoms with E-state index >= 15 is 0 Å². The summed E-state index contributed by atoms with van der Waals surface area (Å²) in [6.45, 7) is -3.23. The number of nitrogens with zero attached hydrogens (tertiary/aromatic N) is 2. The minimum absolute atomic E-state index is 0.0630. The second-order valence-electron chi connectivity index (χ2n) is 5.65. The van der Waals surface area contributed by atoms with Crippen LogP contribution in [-0.2, 0) is 20.9 Å². The highest BCUT2D eigenvalue weighted by Gasteiger charge is 2.26. The Bertz CT molecular complexity index is 856. The fourth-order valence-electron chi connectivity index (χ4n) is 2.53. The van der Waals surface area contributed by atoms with Crippen LogP contribution in [0.15, 0.2) is 59.7 Å². The summed E-state index contributed by atoms with van der Waals surface area (Å²) < 4.78 is 34.5. The number of hydrogen-bond donors (Lipinski definition) is 0. The van der Waals surface area contributed by atoms with E-state index in [1.54, 1.807) is 36.4 Å². The largest absolute Gasteiger partial charge is 0.456 e. The Morgan fingerprint density at radius 2 is 1.78 bits per heavy atom. The van der Waals surface area contributed by atoms with Crippen molar-refractivity contribution in [3.05, 3.63) is 60.2 Å². The summed E-state index contributed by atoms with van der Waals surface area (Å²) in [6.07, 6.45) is 0.268. The molecule has 0 radical (unpaired) electrons. The number of rotatable bonds is 6. The van der Waals surface area contributed by atoms with Crippen LogP contribution in [-0.4, -0.2) is 24.2 Å². The van der Waals surface area contributed by atoms with Crippen LogP contribution in [0.3, 0.4) is 0 Å². The van der Waals surface area contributed by atoms with Gasteiger partial charge in [-0.3, -0.25) is 4.79 Å². The molecule has 0 fully saturated rings. The highest BCUT2D eigenvalue weighted by Crippen LogP contribution is 2.22. The van der Waals surface area contributed by atoms with Crippen molar-refractivity contribution in [2.75, 3.05) is 5.01 Å². The van der Waals surface area contributed by atoms with Crippen molar-refractivity contribution in [3.8, 4) is 5.75 Å². The van der Waals surface area contributed by atoms with Crippen LogP contribution in [0.4, 0.5) is 14.5 Å². The molecule has 0 spiro atoms. The molecule has 3 rings (SSSR count). The molecule has 8 heteroatoms. The zero-order chi connectivity index (χ0) is 19.2. The van der Waals surface area contributed by atoms with E-state index in [1.807, 2.05) is 0 Å². The highest BCUT2D eigenvalue weighted by molar-refractivity contribution is 6.37. The number of hydrazone groups is 1. The molecule has 0 aliphatic carbocycles. The smallest absolute Gasteiger partial charge is 0.387 e. The molecule has 6 nitrogen and oxygen atoms in total. The molecule has 0 bridgehead atoms. The first kappa shape index (κ1) is 18.5. The number of ether oxygens (including phenoxy) is 2. The van der Waals surface area contributed by atoms with E-state index in [2.05, 4.69) is 9.84 Å². The Balaban J connectivity index is 1.70. The Kier molecular flexibility index (Phi) is 5.75. The Labute approximate surface area is 154 Å². The molecular weight excluding hydrogens is 358 g/mol. The van der Waals surface area contributed by atoms with E-state index in [-0.39, 0.29) is 36.8 Å². The predicted molar refractivity (Wildman–Crippen MR) is 93.5 cm³/mol. The highest BCUT2D eigenvalue weighted by atomic mass is 19.3. The fourth-order valence-corrected chi connectivity index (χ4v) is 2.53. The van der Waals surface area contributed by atoms with Gasteiger partial charge in [0, 0.05) is 18.4 Å². The molecule has 27 heavy (non-hydrogen) atoms. The fraction of sp³-hybridized carbons (Fsp3) is 0.211. The lowest BCUT2D eigenvalue weighted by Gasteiger charge is -2.22. The number of carbonyl (C=O) groups excluding carboxylic acids is 2. The third-order valence-electron chi connectivity index (χ3n) is 3.82. The number of para-hydroxylation sites is 2. The van der Waals surface area contributed by atoms with Gasteiger partial charge < -0.3 is 9.47 Å². The second-order valence-corrected chi connectivity index (χ2v) is 5.65. The average Bonchev–Trinajstić information content (AvgIpc) is 2.67. The maximum Gasteiger partial charge on any atom is 0.387 e. The molecule has 1 aliphatic heterocycles. The van der Waals surface area contributed by atoms with Crippen molar-refractivity contribution < 1.29 is 27.8 Å². The summed E-state index contributed by atoms with van der Waals surface area (Å²) in [5.74, 6) is -1.00. The van der Waals surface area contributed by atoms with Crippen molar-refractivity contribution in [3.63, 3.8) is 0 Å². The third kappa shape index (κ3) is 4.66. The quantitative estimate of drug-likeness (QED) is 0.726. The minimum atomic E-state index is -2.98. The first-order valence-electron chi connectivity index (χ1n) is 8.20. The number of alkyl halides is 2. The number of carbonyl (C=O) groups is 2. The van der Waals surface area contributed by atoms with Gasteiger partial charge >= 0.3 is 12.6 Å². The summed E-state index contributed by atoms with van der Waals surface area (Å²) in [5.41, 5.74) is 0.937. The Morgan fingerprint density at radius 1 is 1.07 bits per heavy atom. The van der Waals surface area contributed by atoms with Gasteiger partial charge in [0.05, 0.1) is 5.69 Å². The van der Waals surface area contributed by atoms with Gasteiger partial charge in [0.25, 0.3) is 0 Å². The van der Waals surface area contributed by atoms with Gasteiger partial charge in [-0.2, -0.15) is 13.9 Å². The Hall–Kier alpha value is -3.29. The number of halogens is 2. The van der Waals surface area contributed by atoms with Crippen LogP contribution in [0.1, 0.15) is 18.4 Å². The van der Waals surface area contributed by atoms with Gasteiger partial charge in [-0.1, -0.05) is 36.4 Å². The first-order valence-corrected chi connectivity index (χ1v) is 8.20. The van der Waals surface area contributed by atoms with Gasteiger partial charge in [0.1, 0.15) is 18.1 Å². The maximum atomic E-state index is 12.4. The maximum absolute atomic E-state index is 12.4. The molecular formula is C19H16F2N2O4. The third-order valence-corrected chi connectivity index (χ3v) is 3.82. The molecule has 0 unspecified atom stereocenters. The molecule has 140 valence electrons. The minimum Gasteiger partial charge on any atom is -0.456 e. The van der Waals surface area contributed by atoms with E-state index in [1.165, 1.54) is 18.2 Å². The van der Waals surface area contributed by atoms with Crippen LogP contribution in [0.5, 0.6) is 5.75 Å². The van der Waals surface area contributed by atoms with Crippen molar-refractivity contribution in [2.45, 2.75) is 26.1 Å².